The molecule has 1 aromatic heterocycles. The molecule has 3 aromatic rings. The van der Waals surface area contributed by atoms with Crippen LogP contribution in [0.4, 0.5) is 0 Å². The number of methoxy groups -OCH3 is 2. The van der Waals surface area contributed by atoms with E-state index in [1.807, 2.05) is 30.3 Å². The van der Waals surface area contributed by atoms with Crippen molar-refractivity contribution >= 4 is 17.0 Å². The Morgan fingerprint density at radius 1 is 1.04 bits per heavy atom. The molecule has 0 spiro atoms. The summed E-state index contributed by atoms with van der Waals surface area (Å²) in [7, 11) is 3.31. The van der Waals surface area contributed by atoms with E-state index < -0.39 is 0 Å². The second-order valence-electron chi connectivity index (χ2n) is 6.74. The molecule has 0 fully saturated rings. The lowest BCUT2D eigenvalue weighted by Crippen LogP contribution is -2.33. The maximum absolute atomic E-state index is 6.42. The molecule has 2 aliphatic rings. The van der Waals surface area contributed by atoms with E-state index in [0.717, 1.165) is 34.9 Å². The van der Waals surface area contributed by atoms with Crippen molar-refractivity contribution in [3.05, 3.63) is 76.0 Å². The Hall–Kier alpha value is -2.99. The van der Waals surface area contributed by atoms with E-state index in [1.54, 1.807) is 25.6 Å². The average Bonchev–Trinajstić information content (AvgIpc) is 3.42. The fourth-order valence-corrected chi connectivity index (χ4v) is 4.57. The first kappa shape index (κ1) is 17.1. The summed E-state index contributed by atoms with van der Waals surface area (Å²) in [6, 6.07) is 18.3. The first-order valence-corrected chi connectivity index (χ1v) is 10.0. The molecule has 2 aromatic carbocycles. The summed E-state index contributed by atoms with van der Waals surface area (Å²) in [6.45, 7) is 0. The van der Waals surface area contributed by atoms with Crippen molar-refractivity contribution < 1.29 is 14.2 Å². The molecule has 5 nitrogen and oxygen atoms in total. The van der Waals surface area contributed by atoms with Gasteiger partial charge < -0.3 is 14.2 Å². The van der Waals surface area contributed by atoms with Crippen LogP contribution < -0.4 is 14.2 Å². The molecule has 0 saturated heterocycles. The Morgan fingerprint density at radius 2 is 1.93 bits per heavy atom. The number of benzene rings is 2. The monoisotopic (exact) mass is 392 g/mol. The molecule has 0 bridgehead atoms. The minimum Gasteiger partial charge on any atom is -0.497 e. The summed E-state index contributed by atoms with van der Waals surface area (Å²) >= 11 is 1.72. The van der Waals surface area contributed by atoms with Crippen LogP contribution in [-0.4, -0.2) is 24.9 Å². The molecule has 0 saturated carbocycles. The molecular formula is C22H20N2O3S. The number of ether oxygens (including phenoxy) is 3. The molecule has 0 aliphatic carbocycles. The van der Waals surface area contributed by atoms with Gasteiger partial charge in [0.1, 0.15) is 17.2 Å². The summed E-state index contributed by atoms with van der Waals surface area (Å²) in [6.07, 6.45) is 0.494. The second-order valence-corrected chi connectivity index (χ2v) is 7.69. The van der Waals surface area contributed by atoms with E-state index in [2.05, 4.69) is 34.7 Å². The quantitative estimate of drug-likeness (QED) is 0.626. The van der Waals surface area contributed by atoms with Gasteiger partial charge in [-0.3, -0.25) is 0 Å². The highest BCUT2D eigenvalue weighted by atomic mass is 32.1. The predicted molar refractivity (Wildman–Crippen MR) is 109 cm³/mol. The van der Waals surface area contributed by atoms with Crippen LogP contribution in [0.1, 0.15) is 34.7 Å². The number of hydrogen-bond donors (Lipinski definition) is 0. The van der Waals surface area contributed by atoms with E-state index in [-0.39, 0.29) is 12.3 Å². The number of hydrogen-bond acceptors (Lipinski definition) is 6. The maximum Gasteiger partial charge on any atom is 0.217 e. The van der Waals surface area contributed by atoms with Gasteiger partial charge in [0.05, 0.1) is 36.4 Å². The SMILES string of the molecule is COc1ccc([C@H]2Oc3ccccc3[C@@H]3CC(c4cccs4)=NN23)c(OC)c1. The molecule has 0 radical (unpaired) electrons. The minimum atomic E-state index is -0.363. The highest BCUT2D eigenvalue weighted by molar-refractivity contribution is 7.12. The summed E-state index contributed by atoms with van der Waals surface area (Å²) in [4.78, 5) is 1.20. The van der Waals surface area contributed by atoms with Gasteiger partial charge in [0.15, 0.2) is 0 Å². The summed E-state index contributed by atoms with van der Waals surface area (Å²) in [5.74, 6) is 2.37. The lowest BCUT2D eigenvalue weighted by Gasteiger charge is -2.38. The van der Waals surface area contributed by atoms with Gasteiger partial charge in [-0.25, -0.2) is 5.01 Å². The van der Waals surface area contributed by atoms with Crippen LogP contribution in [0.15, 0.2) is 65.1 Å². The van der Waals surface area contributed by atoms with E-state index in [4.69, 9.17) is 19.3 Å². The summed E-state index contributed by atoms with van der Waals surface area (Å²) in [5.41, 5.74) is 3.19. The minimum absolute atomic E-state index is 0.138. The molecule has 2 atom stereocenters. The smallest absolute Gasteiger partial charge is 0.217 e. The fraction of sp³-hybridized carbons (Fsp3) is 0.227. The zero-order valence-corrected chi connectivity index (χ0v) is 16.5. The number of rotatable bonds is 4. The Labute approximate surface area is 167 Å². The highest BCUT2D eigenvalue weighted by Crippen LogP contribution is 2.49. The zero-order valence-electron chi connectivity index (χ0n) is 15.7. The van der Waals surface area contributed by atoms with Crippen LogP contribution in [0.3, 0.4) is 0 Å². The van der Waals surface area contributed by atoms with E-state index >= 15 is 0 Å². The molecule has 6 heteroatoms. The number of thiophene rings is 1. The van der Waals surface area contributed by atoms with Crippen LogP contribution in [-0.2, 0) is 0 Å². The zero-order chi connectivity index (χ0) is 19.1. The Bertz CT molecular complexity index is 1030. The Morgan fingerprint density at radius 3 is 2.71 bits per heavy atom. The third kappa shape index (κ3) is 2.72. The first-order chi connectivity index (χ1) is 13.8. The van der Waals surface area contributed by atoms with E-state index in [0.29, 0.717) is 0 Å². The van der Waals surface area contributed by atoms with E-state index in [1.165, 1.54) is 10.4 Å². The number of fused-ring (bicyclic) bond motifs is 3. The van der Waals surface area contributed by atoms with Crippen LogP contribution in [0.25, 0.3) is 0 Å². The highest BCUT2D eigenvalue weighted by Gasteiger charge is 2.42. The Kier molecular flexibility index (Phi) is 4.20. The van der Waals surface area contributed by atoms with Crippen LogP contribution in [0.5, 0.6) is 17.2 Å². The van der Waals surface area contributed by atoms with Gasteiger partial charge in [-0.15, -0.1) is 11.3 Å². The third-order valence-electron chi connectivity index (χ3n) is 5.21. The van der Waals surface area contributed by atoms with Crippen molar-refractivity contribution in [1.29, 1.82) is 0 Å². The number of para-hydroxylation sites is 1. The molecule has 0 unspecified atom stereocenters. The average molecular weight is 392 g/mol. The maximum atomic E-state index is 6.42. The van der Waals surface area contributed by atoms with Crippen molar-refractivity contribution in [1.82, 2.24) is 5.01 Å². The molecule has 142 valence electrons. The molecule has 28 heavy (non-hydrogen) atoms. The fourth-order valence-electron chi connectivity index (χ4n) is 3.85. The molecule has 0 amide bonds. The number of hydrazone groups is 1. The van der Waals surface area contributed by atoms with Gasteiger partial charge >= 0.3 is 0 Å². The topological polar surface area (TPSA) is 43.3 Å². The van der Waals surface area contributed by atoms with Crippen LogP contribution >= 0.6 is 11.3 Å². The number of nitrogens with zero attached hydrogens (tertiary/aromatic N) is 2. The molecule has 0 N–H and O–H groups in total. The standard InChI is InChI=1S/C22H20N2O3S/c1-25-14-9-10-16(20(12-14)26-2)22-24-18(15-6-3-4-7-19(15)27-22)13-17(23-24)21-8-5-11-28-21/h3-12,18,22H,13H2,1-2H3/t18-,22+/m0/s1. The van der Waals surface area contributed by atoms with Crippen molar-refractivity contribution in [2.45, 2.75) is 18.7 Å². The normalized spacial score (nSPS) is 20.1. The van der Waals surface area contributed by atoms with Gasteiger partial charge in [-0.1, -0.05) is 24.3 Å². The van der Waals surface area contributed by atoms with Crippen LogP contribution in [0.2, 0.25) is 0 Å². The van der Waals surface area contributed by atoms with Gasteiger partial charge in [0.2, 0.25) is 6.23 Å². The second kappa shape index (κ2) is 6.87. The van der Waals surface area contributed by atoms with Gasteiger partial charge in [-0.05, 0) is 29.6 Å². The lowest BCUT2D eigenvalue weighted by atomic mass is 9.97. The first-order valence-electron chi connectivity index (χ1n) is 9.15. The molecule has 5 rings (SSSR count). The van der Waals surface area contributed by atoms with E-state index in [9.17, 15) is 0 Å². The molecule has 3 heterocycles. The van der Waals surface area contributed by atoms with Crippen molar-refractivity contribution in [2.75, 3.05) is 14.2 Å². The summed E-state index contributed by atoms with van der Waals surface area (Å²) in [5, 5.41) is 9.13. The molecule has 2 aliphatic heterocycles. The third-order valence-corrected chi connectivity index (χ3v) is 6.13. The molecular weight excluding hydrogens is 372 g/mol. The summed E-state index contributed by atoms with van der Waals surface area (Å²) < 4.78 is 17.4. The van der Waals surface area contributed by atoms with Crippen molar-refractivity contribution in [3.8, 4) is 17.2 Å². The predicted octanol–water partition coefficient (Wildman–Crippen LogP) is 5.01. The van der Waals surface area contributed by atoms with Crippen molar-refractivity contribution in [3.63, 3.8) is 0 Å². The van der Waals surface area contributed by atoms with Gasteiger partial charge in [0, 0.05) is 18.1 Å². The van der Waals surface area contributed by atoms with Crippen molar-refractivity contribution in [2.24, 2.45) is 5.10 Å². The van der Waals surface area contributed by atoms with Gasteiger partial charge in [-0.2, -0.15) is 5.10 Å². The lowest BCUT2D eigenvalue weighted by molar-refractivity contribution is -0.0203. The van der Waals surface area contributed by atoms with Gasteiger partial charge in [0.25, 0.3) is 0 Å². The van der Waals surface area contributed by atoms with Crippen LogP contribution in [0, 0.1) is 0 Å². The Balaban J connectivity index is 1.62. The largest absolute Gasteiger partial charge is 0.497 e.